The zero-order chi connectivity index (χ0) is 19.9. The molecule has 0 heterocycles. The molecule has 0 aliphatic heterocycles. The average Bonchev–Trinajstić information content (AvgIpc) is 2.67. The molecule has 0 atom stereocenters. The van der Waals surface area contributed by atoms with Crippen LogP contribution in [0.1, 0.15) is 36.8 Å². The van der Waals surface area contributed by atoms with Crippen molar-refractivity contribution in [2.45, 2.75) is 38.8 Å². The zero-order valence-corrected chi connectivity index (χ0v) is 18.9. The summed E-state index contributed by atoms with van der Waals surface area (Å²) in [7, 11) is 0. The second-order valence-electron chi connectivity index (χ2n) is 7.68. The van der Waals surface area contributed by atoms with Crippen LogP contribution in [0.4, 0.5) is 0 Å². The minimum atomic E-state index is 0.628. The third kappa shape index (κ3) is 6.79. The summed E-state index contributed by atoms with van der Waals surface area (Å²) in [4.78, 5) is 0. The monoisotopic (exact) mass is 458 g/mol. The van der Waals surface area contributed by atoms with Gasteiger partial charge in [-0.15, -0.1) is 0 Å². The summed E-state index contributed by atoms with van der Waals surface area (Å²) in [6.07, 6.45) is 4.75. The Bertz CT molecular complexity index is 683. The predicted molar refractivity (Wildman–Crippen MR) is 121 cm³/mol. The van der Waals surface area contributed by atoms with E-state index in [1.165, 1.54) is 25.7 Å². The van der Waals surface area contributed by atoms with E-state index in [1.807, 2.05) is 57.4 Å². The Hall–Kier alpha value is -0.480. The summed E-state index contributed by atoms with van der Waals surface area (Å²) in [6, 6.07) is 15.8. The lowest BCUT2D eigenvalue weighted by atomic mass is 9.82. The van der Waals surface area contributed by atoms with E-state index in [4.69, 9.17) is 46.8 Å². The largest absolute Gasteiger partial charge is 0.215 e. The van der Waals surface area contributed by atoms with Crippen molar-refractivity contribution in [3.05, 3.63) is 69.7 Å². The summed E-state index contributed by atoms with van der Waals surface area (Å²) in [5, 5.41) is 1.55. The van der Waals surface area contributed by atoms with Crippen LogP contribution < -0.4 is 0 Å². The first-order valence-corrected chi connectivity index (χ1v) is 11.2. The van der Waals surface area contributed by atoms with Gasteiger partial charge in [0.1, 0.15) is 0 Å². The highest BCUT2D eigenvalue weighted by molar-refractivity contribution is 6.31. The Kier molecular flexibility index (Phi) is 8.77. The summed E-state index contributed by atoms with van der Waals surface area (Å²) in [6.45, 7) is 3.14. The molecule has 0 unspecified atom stereocenters. The standard InChI is InChI=1S/C22H26Cl4N2/c23-21-7-3-1-5-19(21)15-27(25)13-17-9-11-18(12-10-17)14-28(26)16-20-6-2-4-8-22(20)24/h1-8,17-18H,9-16H2. The Morgan fingerprint density at radius 1 is 0.643 bits per heavy atom. The third-order valence-electron chi connectivity index (χ3n) is 5.48. The van der Waals surface area contributed by atoms with Gasteiger partial charge < -0.3 is 0 Å². The van der Waals surface area contributed by atoms with Crippen molar-refractivity contribution < 1.29 is 0 Å². The molecule has 6 heteroatoms. The van der Waals surface area contributed by atoms with Crippen molar-refractivity contribution in [3.63, 3.8) is 0 Å². The number of benzene rings is 2. The first-order chi connectivity index (χ1) is 13.5. The SMILES string of the molecule is Clc1ccccc1CN(Cl)CC1CCC(CN(Cl)Cc2ccccc2Cl)CC1. The first-order valence-electron chi connectivity index (χ1n) is 9.79. The summed E-state index contributed by atoms with van der Waals surface area (Å²) in [5.41, 5.74) is 2.15. The molecule has 2 nitrogen and oxygen atoms in total. The van der Waals surface area contributed by atoms with Crippen LogP contribution in [-0.4, -0.2) is 21.9 Å². The lowest BCUT2D eigenvalue weighted by Gasteiger charge is -2.32. The van der Waals surface area contributed by atoms with Gasteiger partial charge in [0, 0.05) is 36.2 Å². The average molecular weight is 460 g/mol. The van der Waals surface area contributed by atoms with Crippen LogP contribution in [0.15, 0.2) is 48.5 Å². The van der Waals surface area contributed by atoms with Gasteiger partial charge in [-0.2, -0.15) is 0 Å². The van der Waals surface area contributed by atoms with Crippen LogP contribution in [0.25, 0.3) is 0 Å². The molecule has 1 aliphatic carbocycles. The minimum absolute atomic E-state index is 0.628. The van der Waals surface area contributed by atoms with E-state index in [-0.39, 0.29) is 0 Å². The van der Waals surface area contributed by atoms with Gasteiger partial charge >= 0.3 is 0 Å². The zero-order valence-electron chi connectivity index (χ0n) is 15.8. The van der Waals surface area contributed by atoms with Crippen molar-refractivity contribution in [1.29, 1.82) is 0 Å². The van der Waals surface area contributed by atoms with Crippen LogP contribution in [0.5, 0.6) is 0 Å². The fraction of sp³-hybridized carbons (Fsp3) is 0.455. The Labute approximate surface area is 188 Å². The van der Waals surface area contributed by atoms with Crippen molar-refractivity contribution >= 4 is 46.8 Å². The van der Waals surface area contributed by atoms with Gasteiger partial charge in [-0.3, -0.25) is 0 Å². The molecule has 0 amide bonds. The van der Waals surface area contributed by atoms with E-state index in [2.05, 4.69) is 0 Å². The van der Waals surface area contributed by atoms with Crippen molar-refractivity contribution in [3.8, 4) is 0 Å². The van der Waals surface area contributed by atoms with Crippen LogP contribution in [0.2, 0.25) is 10.0 Å². The maximum absolute atomic E-state index is 6.48. The van der Waals surface area contributed by atoms with Crippen molar-refractivity contribution in [2.24, 2.45) is 11.8 Å². The molecule has 2 aromatic rings. The molecule has 0 aromatic heterocycles. The molecular formula is C22H26Cl4N2. The molecule has 0 bridgehead atoms. The van der Waals surface area contributed by atoms with Gasteiger partial charge in [0.15, 0.2) is 0 Å². The number of rotatable bonds is 8. The molecule has 2 aromatic carbocycles. The van der Waals surface area contributed by atoms with Gasteiger partial charge in [-0.05, 0) is 84.3 Å². The highest BCUT2D eigenvalue weighted by Gasteiger charge is 2.24. The highest BCUT2D eigenvalue weighted by atomic mass is 35.5. The first kappa shape index (κ1) is 22.2. The summed E-state index contributed by atoms with van der Waals surface area (Å²) < 4.78 is 3.74. The van der Waals surface area contributed by atoms with Gasteiger partial charge in [-0.25, -0.2) is 8.84 Å². The van der Waals surface area contributed by atoms with Gasteiger partial charge in [0.2, 0.25) is 0 Å². The molecule has 1 saturated carbocycles. The Morgan fingerprint density at radius 3 is 1.36 bits per heavy atom. The number of hydrogen-bond donors (Lipinski definition) is 0. The quantitative estimate of drug-likeness (QED) is 0.379. The van der Waals surface area contributed by atoms with E-state index in [1.54, 1.807) is 0 Å². The van der Waals surface area contributed by atoms with E-state index in [9.17, 15) is 0 Å². The Morgan fingerprint density at radius 2 is 1.00 bits per heavy atom. The fourth-order valence-corrected chi connectivity index (χ4v) is 4.95. The smallest absolute Gasteiger partial charge is 0.0451 e. The van der Waals surface area contributed by atoms with Crippen LogP contribution in [0.3, 0.4) is 0 Å². The number of halogens is 4. The molecule has 1 fully saturated rings. The molecule has 0 saturated heterocycles. The molecule has 3 rings (SSSR count). The Balaban J connectivity index is 1.39. The van der Waals surface area contributed by atoms with E-state index >= 15 is 0 Å². The molecule has 0 spiro atoms. The van der Waals surface area contributed by atoms with E-state index < -0.39 is 0 Å². The third-order valence-corrected chi connectivity index (χ3v) is 6.73. The van der Waals surface area contributed by atoms with Crippen molar-refractivity contribution in [2.75, 3.05) is 13.1 Å². The van der Waals surface area contributed by atoms with Gasteiger partial charge in [-0.1, -0.05) is 59.6 Å². The van der Waals surface area contributed by atoms with Gasteiger partial charge in [0.05, 0.1) is 0 Å². The minimum Gasteiger partial charge on any atom is -0.215 e. The van der Waals surface area contributed by atoms with Crippen LogP contribution in [-0.2, 0) is 13.1 Å². The maximum atomic E-state index is 6.48. The lowest BCUT2D eigenvalue weighted by Crippen LogP contribution is -2.29. The second kappa shape index (κ2) is 11.1. The topological polar surface area (TPSA) is 6.48 Å². The molecule has 1 aliphatic rings. The van der Waals surface area contributed by atoms with Crippen LogP contribution >= 0.6 is 46.8 Å². The van der Waals surface area contributed by atoms with Gasteiger partial charge in [0.25, 0.3) is 0 Å². The molecule has 0 N–H and O–H groups in total. The lowest BCUT2D eigenvalue weighted by molar-refractivity contribution is 0.210. The summed E-state index contributed by atoms with van der Waals surface area (Å²) in [5.74, 6) is 1.26. The molecule has 152 valence electrons. The van der Waals surface area contributed by atoms with E-state index in [0.717, 1.165) is 34.3 Å². The molecule has 0 radical (unpaired) electrons. The highest BCUT2D eigenvalue weighted by Crippen LogP contribution is 2.32. The van der Waals surface area contributed by atoms with Crippen LogP contribution in [0, 0.1) is 11.8 Å². The fourth-order valence-electron chi connectivity index (χ4n) is 3.91. The molecular weight excluding hydrogens is 434 g/mol. The summed E-state index contributed by atoms with van der Waals surface area (Å²) >= 11 is 25.4. The predicted octanol–water partition coefficient (Wildman–Crippen LogP) is 7.41. The normalized spacial score (nSPS) is 20.1. The van der Waals surface area contributed by atoms with E-state index in [0.29, 0.717) is 24.9 Å². The van der Waals surface area contributed by atoms with Crippen molar-refractivity contribution in [1.82, 2.24) is 8.84 Å². The second-order valence-corrected chi connectivity index (χ2v) is 9.45. The number of nitrogens with zero attached hydrogens (tertiary/aromatic N) is 2. The molecule has 28 heavy (non-hydrogen) atoms. The maximum Gasteiger partial charge on any atom is 0.0451 e. The number of hydrogen-bond acceptors (Lipinski definition) is 2.